The number of ether oxygens (including phenoxy) is 2. The molecule has 0 aliphatic carbocycles. The SMILES string of the molecule is COc1ccccc1-c1cc(NC(=O)[C@H]2CCCN(C(=O)OCc3ccccc3)C2)ncn1. The Labute approximate surface area is 192 Å². The molecule has 2 heterocycles. The number of piperidine rings is 1. The van der Waals surface area contributed by atoms with Crippen LogP contribution in [0.4, 0.5) is 10.6 Å². The molecule has 170 valence electrons. The molecule has 1 aliphatic rings. The standard InChI is InChI=1S/C25H26N4O4/c1-32-22-12-6-5-11-20(22)21-14-23(27-17-26-21)28-24(30)19-10-7-13-29(15-19)25(31)33-16-18-8-3-2-4-9-18/h2-6,8-9,11-12,14,17,19H,7,10,13,15-16H2,1H3,(H,26,27,28,30)/t19-/m0/s1. The topological polar surface area (TPSA) is 93.7 Å². The van der Waals surface area contributed by atoms with E-state index in [4.69, 9.17) is 9.47 Å². The molecule has 1 saturated heterocycles. The summed E-state index contributed by atoms with van der Waals surface area (Å²) in [6, 6.07) is 18.8. The zero-order valence-electron chi connectivity index (χ0n) is 18.4. The van der Waals surface area contributed by atoms with Crippen LogP contribution in [0.2, 0.25) is 0 Å². The molecular formula is C25H26N4O4. The Hall–Kier alpha value is -3.94. The Kier molecular flexibility index (Phi) is 7.14. The van der Waals surface area contributed by atoms with Crippen LogP contribution in [-0.2, 0) is 16.1 Å². The van der Waals surface area contributed by atoms with E-state index < -0.39 is 6.09 Å². The van der Waals surface area contributed by atoms with Crippen molar-refractivity contribution in [3.05, 3.63) is 72.6 Å². The zero-order valence-corrected chi connectivity index (χ0v) is 18.4. The number of nitrogens with zero attached hydrogens (tertiary/aromatic N) is 3. The third kappa shape index (κ3) is 5.65. The molecule has 8 heteroatoms. The Morgan fingerprint density at radius 3 is 2.70 bits per heavy atom. The summed E-state index contributed by atoms with van der Waals surface area (Å²) in [6.45, 7) is 1.09. The highest BCUT2D eigenvalue weighted by Gasteiger charge is 2.29. The number of hydrogen-bond donors (Lipinski definition) is 1. The van der Waals surface area contributed by atoms with Crippen LogP contribution in [0.25, 0.3) is 11.3 Å². The number of hydrogen-bond acceptors (Lipinski definition) is 6. The van der Waals surface area contributed by atoms with Gasteiger partial charge in [0.25, 0.3) is 0 Å². The van der Waals surface area contributed by atoms with Gasteiger partial charge in [-0.25, -0.2) is 14.8 Å². The van der Waals surface area contributed by atoms with Crippen LogP contribution in [0.5, 0.6) is 5.75 Å². The second kappa shape index (κ2) is 10.6. The average Bonchev–Trinajstić information content (AvgIpc) is 2.88. The van der Waals surface area contributed by atoms with Crippen molar-refractivity contribution in [2.45, 2.75) is 19.4 Å². The van der Waals surface area contributed by atoms with Crippen LogP contribution in [0.3, 0.4) is 0 Å². The minimum absolute atomic E-state index is 0.180. The molecule has 1 aromatic heterocycles. The van der Waals surface area contributed by atoms with Crippen molar-refractivity contribution < 1.29 is 19.1 Å². The average molecular weight is 447 g/mol. The molecule has 2 amide bonds. The second-order valence-electron chi connectivity index (χ2n) is 7.80. The fourth-order valence-corrected chi connectivity index (χ4v) is 3.83. The Balaban J connectivity index is 1.37. The molecule has 3 aromatic rings. The van der Waals surface area contributed by atoms with Gasteiger partial charge in [0, 0.05) is 24.7 Å². The second-order valence-corrected chi connectivity index (χ2v) is 7.80. The van der Waals surface area contributed by atoms with E-state index in [1.165, 1.54) is 6.33 Å². The number of amides is 2. The molecule has 0 spiro atoms. The highest BCUT2D eigenvalue weighted by Crippen LogP contribution is 2.29. The summed E-state index contributed by atoms with van der Waals surface area (Å²) in [5, 5.41) is 2.87. The molecule has 0 bridgehead atoms. The third-order valence-corrected chi connectivity index (χ3v) is 5.56. The van der Waals surface area contributed by atoms with Crippen LogP contribution < -0.4 is 10.1 Å². The summed E-state index contributed by atoms with van der Waals surface area (Å²) >= 11 is 0. The first-order valence-corrected chi connectivity index (χ1v) is 10.9. The van der Waals surface area contributed by atoms with Crippen molar-refractivity contribution >= 4 is 17.8 Å². The molecule has 2 aromatic carbocycles. The van der Waals surface area contributed by atoms with Crippen LogP contribution in [0.1, 0.15) is 18.4 Å². The van der Waals surface area contributed by atoms with Gasteiger partial charge in [0.15, 0.2) is 0 Å². The monoisotopic (exact) mass is 446 g/mol. The first-order chi connectivity index (χ1) is 16.1. The Morgan fingerprint density at radius 2 is 1.88 bits per heavy atom. The summed E-state index contributed by atoms with van der Waals surface area (Å²) in [5.41, 5.74) is 2.38. The summed E-state index contributed by atoms with van der Waals surface area (Å²) in [5.74, 6) is 0.568. The van der Waals surface area contributed by atoms with Crippen molar-refractivity contribution in [3.63, 3.8) is 0 Å². The van der Waals surface area contributed by atoms with E-state index in [0.717, 1.165) is 17.5 Å². The lowest BCUT2D eigenvalue weighted by Crippen LogP contribution is -2.44. The highest BCUT2D eigenvalue weighted by atomic mass is 16.6. The normalized spacial score (nSPS) is 15.5. The molecular weight excluding hydrogens is 420 g/mol. The van der Waals surface area contributed by atoms with Gasteiger partial charge in [-0.05, 0) is 30.5 Å². The van der Waals surface area contributed by atoms with Crippen LogP contribution in [-0.4, -0.2) is 47.1 Å². The molecule has 1 atom stereocenters. The number of anilines is 1. The number of carbonyl (C=O) groups excluding carboxylic acids is 2. The van der Waals surface area contributed by atoms with Crippen LogP contribution in [0, 0.1) is 5.92 Å². The van der Waals surface area contributed by atoms with Crippen molar-refractivity contribution in [3.8, 4) is 17.0 Å². The first-order valence-electron chi connectivity index (χ1n) is 10.9. The van der Waals surface area contributed by atoms with Gasteiger partial charge in [-0.3, -0.25) is 4.79 Å². The van der Waals surface area contributed by atoms with E-state index in [1.54, 1.807) is 18.1 Å². The van der Waals surface area contributed by atoms with Crippen LogP contribution in [0.15, 0.2) is 67.0 Å². The summed E-state index contributed by atoms with van der Waals surface area (Å²) < 4.78 is 10.8. The molecule has 1 N–H and O–H groups in total. The van der Waals surface area contributed by atoms with Gasteiger partial charge in [-0.2, -0.15) is 0 Å². The smallest absolute Gasteiger partial charge is 0.410 e. The third-order valence-electron chi connectivity index (χ3n) is 5.56. The highest BCUT2D eigenvalue weighted by molar-refractivity contribution is 5.92. The van der Waals surface area contributed by atoms with Crippen molar-refractivity contribution in [2.75, 3.05) is 25.5 Å². The predicted molar refractivity (Wildman–Crippen MR) is 124 cm³/mol. The molecule has 8 nitrogen and oxygen atoms in total. The van der Waals surface area contributed by atoms with E-state index >= 15 is 0 Å². The fourth-order valence-electron chi connectivity index (χ4n) is 3.83. The van der Waals surface area contributed by atoms with Crippen LogP contribution >= 0.6 is 0 Å². The van der Waals surface area contributed by atoms with E-state index in [9.17, 15) is 9.59 Å². The van der Waals surface area contributed by atoms with E-state index in [1.807, 2.05) is 54.6 Å². The molecule has 0 radical (unpaired) electrons. The van der Waals surface area contributed by atoms with Gasteiger partial charge in [-0.1, -0.05) is 42.5 Å². The number of carbonyl (C=O) groups is 2. The summed E-state index contributed by atoms with van der Waals surface area (Å²) in [6.07, 6.45) is 2.43. The summed E-state index contributed by atoms with van der Waals surface area (Å²) in [7, 11) is 1.60. The van der Waals surface area contributed by atoms with Gasteiger partial charge >= 0.3 is 6.09 Å². The van der Waals surface area contributed by atoms with Crippen molar-refractivity contribution in [1.29, 1.82) is 0 Å². The zero-order chi connectivity index (χ0) is 23.0. The van der Waals surface area contributed by atoms with Gasteiger partial charge in [-0.15, -0.1) is 0 Å². The van der Waals surface area contributed by atoms with E-state index in [2.05, 4.69) is 15.3 Å². The number of para-hydroxylation sites is 1. The molecule has 0 unspecified atom stereocenters. The number of methoxy groups -OCH3 is 1. The summed E-state index contributed by atoms with van der Waals surface area (Å²) in [4.78, 5) is 35.5. The van der Waals surface area contributed by atoms with Crippen molar-refractivity contribution in [1.82, 2.24) is 14.9 Å². The number of aromatic nitrogens is 2. The molecule has 1 aliphatic heterocycles. The lowest BCUT2D eigenvalue weighted by molar-refractivity contribution is -0.121. The minimum atomic E-state index is -0.406. The number of nitrogens with one attached hydrogen (secondary N) is 1. The first kappa shape index (κ1) is 22.3. The lowest BCUT2D eigenvalue weighted by atomic mass is 9.97. The maximum Gasteiger partial charge on any atom is 0.410 e. The van der Waals surface area contributed by atoms with E-state index in [-0.39, 0.29) is 18.4 Å². The number of rotatable bonds is 6. The molecule has 4 rings (SSSR count). The number of benzene rings is 2. The fraction of sp³-hybridized carbons (Fsp3) is 0.280. The van der Waals surface area contributed by atoms with Gasteiger partial charge in [0.05, 0.1) is 18.7 Å². The maximum atomic E-state index is 12.9. The molecule has 0 saturated carbocycles. The molecule has 33 heavy (non-hydrogen) atoms. The number of likely N-dealkylation sites (tertiary alicyclic amines) is 1. The van der Waals surface area contributed by atoms with Gasteiger partial charge in [0.2, 0.25) is 5.91 Å². The largest absolute Gasteiger partial charge is 0.496 e. The minimum Gasteiger partial charge on any atom is -0.496 e. The lowest BCUT2D eigenvalue weighted by Gasteiger charge is -2.31. The quantitative estimate of drug-likeness (QED) is 0.612. The van der Waals surface area contributed by atoms with E-state index in [0.29, 0.717) is 36.8 Å². The Morgan fingerprint density at radius 1 is 1.09 bits per heavy atom. The predicted octanol–water partition coefficient (Wildman–Crippen LogP) is 4.14. The van der Waals surface area contributed by atoms with Gasteiger partial charge < -0.3 is 19.7 Å². The molecule has 1 fully saturated rings. The Bertz CT molecular complexity index is 1110. The maximum absolute atomic E-state index is 12.9. The van der Waals surface area contributed by atoms with Gasteiger partial charge in [0.1, 0.15) is 24.5 Å². The van der Waals surface area contributed by atoms with Crippen molar-refractivity contribution in [2.24, 2.45) is 5.92 Å².